The van der Waals surface area contributed by atoms with Gasteiger partial charge in [-0.25, -0.2) is 14.3 Å². The summed E-state index contributed by atoms with van der Waals surface area (Å²) in [4.78, 5) is 27.0. The molecule has 2 amide bonds. The third-order valence-electron chi connectivity index (χ3n) is 6.05. The Bertz CT molecular complexity index is 908. The molecule has 0 saturated carbocycles. The van der Waals surface area contributed by atoms with E-state index in [4.69, 9.17) is 4.74 Å². The number of aromatic nitrogens is 2. The summed E-state index contributed by atoms with van der Waals surface area (Å²) < 4.78 is 6.75. The van der Waals surface area contributed by atoms with Gasteiger partial charge in [0.2, 0.25) is 0 Å². The van der Waals surface area contributed by atoms with Crippen LogP contribution in [0.15, 0.2) is 30.5 Å². The van der Waals surface area contributed by atoms with E-state index in [0.717, 1.165) is 31.6 Å². The minimum absolute atomic E-state index is 0.167. The molecule has 8 heteroatoms. The number of esters is 1. The van der Waals surface area contributed by atoms with Gasteiger partial charge in [0.15, 0.2) is 0 Å². The van der Waals surface area contributed by atoms with Gasteiger partial charge in [0.25, 0.3) is 0 Å². The average molecular weight is 412 g/mol. The first kappa shape index (κ1) is 20.4. The molecule has 3 heterocycles. The molecule has 0 radical (unpaired) electrons. The van der Waals surface area contributed by atoms with Gasteiger partial charge in [-0.05, 0) is 63.9 Å². The SMILES string of the molecule is CCOC(=O)c1cnn(-c2ccc(NC(=O)NC3CCN4CCCCC34)cc2)c1C. The van der Waals surface area contributed by atoms with Gasteiger partial charge in [-0.1, -0.05) is 6.42 Å². The summed E-state index contributed by atoms with van der Waals surface area (Å²) in [6.45, 7) is 6.15. The van der Waals surface area contributed by atoms with Gasteiger partial charge in [0.05, 0.1) is 24.2 Å². The Hall–Kier alpha value is -2.87. The van der Waals surface area contributed by atoms with Crippen molar-refractivity contribution in [3.8, 4) is 5.69 Å². The number of piperidine rings is 1. The maximum Gasteiger partial charge on any atom is 0.341 e. The van der Waals surface area contributed by atoms with Crippen molar-refractivity contribution in [2.75, 3.05) is 25.0 Å². The minimum atomic E-state index is -0.375. The zero-order valence-corrected chi connectivity index (χ0v) is 17.6. The van der Waals surface area contributed by atoms with Crippen LogP contribution in [0.5, 0.6) is 0 Å². The van der Waals surface area contributed by atoms with Crippen molar-refractivity contribution in [3.63, 3.8) is 0 Å². The van der Waals surface area contributed by atoms with E-state index < -0.39 is 0 Å². The molecule has 30 heavy (non-hydrogen) atoms. The largest absolute Gasteiger partial charge is 0.462 e. The fourth-order valence-electron chi connectivity index (χ4n) is 4.52. The van der Waals surface area contributed by atoms with Gasteiger partial charge in [-0.3, -0.25) is 4.90 Å². The molecule has 2 saturated heterocycles. The lowest BCUT2D eigenvalue weighted by Gasteiger charge is -2.32. The summed E-state index contributed by atoms with van der Waals surface area (Å²) in [5.41, 5.74) is 2.68. The number of ether oxygens (including phenoxy) is 1. The predicted molar refractivity (Wildman–Crippen MR) is 114 cm³/mol. The lowest BCUT2D eigenvalue weighted by Crippen LogP contribution is -2.47. The monoisotopic (exact) mass is 411 g/mol. The average Bonchev–Trinajstić information content (AvgIpc) is 3.33. The fourth-order valence-corrected chi connectivity index (χ4v) is 4.52. The number of carbonyl (C=O) groups excluding carboxylic acids is 2. The van der Waals surface area contributed by atoms with E-state index in [2.05, 4.69) is 20.6 Å². The standard InChI is InChI=1S/C22H29N5O3/c1-3-30-21(28)18-14-23-27(15(18)2)17-9-7-16(8-10-17)24-22(29)25-19-11-13-26-12-5-4-6-20(19)26/h7-10,14,19-20H,3-6,11-13H2,1-2H3,(H2,24,25,29). The molecular formula is C22H29N5O3. The number of fused-ring (bicyclic) bond motifs is 1. The summed E-state index contributed by atoms with van der Waals surface area (Å²) in [7, 11) is 0. The van der Waals surface area contributed by atoms with Crippen molar-refractivity contribution in [3.05, 3.63) is 41.7 Å². The Morgan fingerprint density at radius 2 is 1.97 bits per heavy atom. The molecular weight excluding hydrogens is 382 g/mol. The van der Waals surface area contributed by atoms with Crippen LogP contribution < -0.4 is 10.6 Å². The lowest BCUT2D eigenvalue weighted by atomic mass is 9.99. The Labute approximate surface area is 176 Å². The molecule has 2 atom stereocenters. The second kappa shape index (κ2) is 8.87. The number of carbonyl (C=O) groups is 2. The molecule has 0 aliphatic carbocycles. The molecule has 4 rings (SSSR count). The molecule has 2 aromatic rings. The number of hydrogen-bond donors (Lipinski definition) is 2. The van der Waals surface area contributed by atoms with E-state index in [1.165, 1.54) is 19.0 Å². The van der Waals surface area contributed by atoms with Crippen LogP contribution in [-0.4, -0.2) is 58.5 Å². The summed E-state index contributed by atoms with van der Waals surface area (Å²) in [6, 6.07) is 7.93. The number of amides is 2. The molecule has 2 aliphatic rings. The van der Waals surface area contributed by atoms with Crippen LogP contribution in [0.2, 0.25) is 0 Å². The number of benzene rings is 1. The Morgan fingerprint density at radius 3 is 2.73 bits per heavy atom. The number of urea groups is 1. The third kappa shape index (κ3) is 4.18. The first-order valence-electron chi connectivity index (χ1n) is 10.7. The molecule has 1 aromatic heterocycles. The summed E-state index contributed by atoms with van der Waals surface area (Å²) in [5.74, 6) is -0.375. The topological polar surface area (TPSA) is 88.5 Å². The third-order valence-corrected chi connectivity index (χ3v) is 6.05. The molecule has 2 N–H and O–H groups in total. The van der Waals surface area contributed by atoms with E-state index in [9.17, 15) is 9.59 Å². The van der Waals surface area contributed by atoms with Crippen molar-refractivity contribution in [2.45, 2.75) is 51.6 Å². The highest BCUT2D eigenvalue weighted by atomic mass is 16.5. The summed E-state index contributed by atoms with van der Waals surface area (Å²) >= 11 is 0. The number of nitrogens with one attached hydrogen (secondary N) is 2. The maximum absolute atomic E-state index is 12.5. The Balaban J connectivity index is 1.37. The molecule has 2 fully saturated rings. The molecule has 2 aliphatic heterocycles. The number of nitrogens with zero attached hydrogens (tertiary/aromatic N) is 3. The van der Waals surface area contributed by atoms with Gasteiger partial charge in [-0.2, -0.15) is 5.10 Å². The van der Waals surface area contributed by atoms with Crippen molar-refractivity contribution >= 4 is 17.7 Å². The van der Waals surface area contributed by atoms with E-state index in [-0.39, 0.29) is 18.0 Å². The van der Waals surface area contributed by atoms with E-state index in [1.807, 2.05) is 31.2 Å². The van der Waals surface area contributed by atoms with Crippen molar-refractivity contribution in [1.82, 2.24) is 20.0 Å². The zero-order chi connectivity index (χ0) is 21.1. The van der Waals surface area contributed by atoms with Gasteiger partial charge in [-0.15, -0.1) is 0 Å². The maximum atomic E-state index is 12.5. The number of rotatable bonds is 5. The van der Waals surface area contributed by atoms with Gasteiger partial charge in [0, 0.05) is 24.3 Å². The highest BCUT2D eigenvalue weighted by Gasteiger charge is 2.36. The molecule has 0 bridgehead atoms. The molecule has 0 spiro atoms. The molecule has 1 aromatic carbocycles. The van der Waals surface area contributed by atoms with Crippen LogP contribution in [0, 0.1) is 6.92 Å². The smallest absolute Gasteiger partial charge is 0.341 e. The highest BCUT2D eigenvalue weighted by Crippen LogP contribution is 2.27. The van der Waals surface area contributed by atoms with E-state index >= 15 is 0 Å². The minimum Gasteiger partial charge on any atom is -0.462 e. The van der Waals surface area contributed by atoms with E-state index in [1.54, 1.807) is 11.6 Å². The Kier molecular flexibility index (Phi) is 6.03. The molecule has 160 valence electrons. The normalized spacial score (nSPS) is 21.1. The quantitative estimate of drug-likeness (QED) is 0.738. The van der Waals surface area contributed by atoms with Crippen molar-refractivity contribution in [1.29, 1.82) is 0 Å². The fraction of sp³-hybridized carbons (Fsp3) is 0.500. The summed E-state index contributed by atoms with van der Waals surface area (Å²) in [6.07, 6.45) is 6.20. The number of anilines is 1. The predicted octanol–water partition coefficient (Wildman–Crippen LogP) is 3.11. The highest BCUT2D eigenvalue weighted by molar-refractivity contribution is 5.91. The van der Waals surface area contributed by atoms with Crippen molar-refractivity contribution < 1.29 is 14.3 Å². The second-order valence-corrected chi connectivity index (χ2v) is 7.92. The zero-order valence-electron chi connectivity index (χ0n) is 17.6. The van der Waals surface area contributed by atoms with Crippen LogP contribution >= 0.6 is 0 Å². The number of hydrogen-bond acceptors (Lipinski definition) is 5. The summed E-state index contributed by atoms with van der Waals surface area (Å²) in [5, 5.41) is 10.4. The van der Waals surface area contributed by atoms with Gasteiger partial charge in [0.1, 0.15) is 5.56 Å². The van der Waals surface area contributed by atoms with Crippen LogP contribution in [-0.2, 0) is 4.74 Å². The van der Waals surface area contributed by atoms with E-state index in [0.29, 0.717) is 29.6 Å². The van der Waals surface area contributed by atoms with Crippen LogP contribution in [0.25, 0.3) is 5.69 Å². The Morgan fingerprint density at radius 1 is 1.17 bits per heavy atom. The van der Waals surface area contributed by atoms with Crippen LogP contribution in [0.4, 0.5) is 10.5 Å². The molecule has 8 nitrogen and oxygen atoms in total. The first-order chi connectivity index (χ1) is 14.6. The van der Waals surface area contributed by atoms with Gasteiger partial charge < -0.3 is 15.4 Å². The van der Waals surface area contributed by atoms with Gasteiger partial charge >= 0.3 is 12.0 Å². The molecule has 2 unspecified atom stereocenters. The van der Waals surface area contributed by atoms with Crippen LogP contribution in [0.3, 0.4) is 0 Å². The van der Waals surface area contributed by atoms with Crippen molar-refractivity contribution in [2.24, 2.45) is 0 Å². The van der Waals surface area contributed by atoms with Crippen LogP contribution in [0.1, 0.15) is 48.7 Å². The first-order valence-corrected chi connectivity index (χ1v) is 10.7. The lowest BCUT2D eigenvalue weighted by molar-refractivity contribution is 0.0525. The second-order valence-electron chi connectivity index (χ2n) is 7.92.